The van der Waals surface area contributed by atoms with Gasteiger partial charge in [-0.1, -0.05) is 13.0 Å². The first-order valence-electron chi connectivity index (χ1n) is 6.14. The Kier molecular flexibility index (Phi) is 4.39. The van der Waals surface area contributed by atoms with E-state index < -0.39 is 0 Å². The molecule has 0 fully saturated rings. The van der Waals surface area contributed by atoms with E-state index in [0.717, 1.165) is 18.5 Å². The molecule has 0 saturated carbocycles. The summed E-state index contributed by atoms with van der Waals surface area (Å²) in [6.07, 6.45) is 7.23. The van der Waals surface area contributed by atoms with E-state index in [0.29, 0.717) is 0 Å². The Morgan fingerprint density at radius 1 is 1.28 bits per heavy atom. The number of nitrogens with zero attached hydrogens (tertiary/aromatic N) is 2. The maximum atomic E-state index is 5.68. The molecule has 0 aliphatic rings. The van der Waals surface area contributed by atoms with Gasteiger partial charge in [-0.05, 0) is 35.7 Å². The minimum absolute atomic E-state index is 0.0675. The number of hydrogen-bond donors (Lipinski definition) is 2. The van der Waals surface area contributed by atoms with Crippen LogP contribution >= 0.6 is 0 Å². The monoisotopic (exact) mass is 242 g/mol. The van der Waals surface area contributed by atoms with E-state index >= 15 is 0 Å². The van der Waals surface area contributed by atoms with Gasteiger partial charge in [-0.15, -0.1) is 0 Å². The summed E-state index contributed by atoms with van der Waals surface area (Å²) in [6.45, 7) is 2.12. The molecule has 4 nitrogen and oxygen atoms in total. The van der Waals surface area contributed by atoms with Crippen LogP contribution in [0.3, 0.4) is 0 Å². The Morgan fingerprint density at radius 3 is 2.83 bits per heavy atom. The molecule has 2 aromatic rings. The molecule has 1 atom stereocenters. The Balaban J connectivity index is 2.23. The Morgan fingerprint density at radius 2 is 2.17 bits per heavy atom. The lowest BCUT2D eigenvalue weighted by Crippen LogP contribution is -2.30. The van der Waals surface area contributed by atoms with Gasteiger partial charge in [0.1, 0.15) is 0 Å². The number of aromatic nitrogens is 2. The highest BCUT2D eigenvalue weighted by molar-refractivity contribution is 5.28. The van der Waals surface area contributed by atoms with Crippen LogP contribution in [0.25, 0.3) is 0 Å². The smallest absolute Gasteiger partial charge is 0.0519 e. The van der Waals surface area contributed by atoms with Crippen LogP contribution in [0.15, 0.2) is 42.9 Å². The zero-order valence-corrected chi connectivity index (χ0v) is 10.5. The van der Waals surface area contributed by atoms with Crippen molar-refractivity contribution in [2.75, 3.05) is 0 Å². The number of nitrogens with two attached hydrogens (primary N) is 1. The van der Waals surface area contributed by atoms with Gasteiger partial charge < -0.3 is 0 Å². The molecule has 1 unspecified atom stereocenters. The van der Waals surface area contributed by atoms with E-state index in [1.165, 1.54) is 11.1 Å². The van der Waals surface area contributed by atoms with Gasteiger partial charge in [0.2, 0.25) is 0 Å². The third-order valence-corrected chi connectivity index (χ3v) is 3.04. The fourth-order valence-electron chi connectivity index (χ4n) is 2.06. The average Bonchev–Trinajstić information content (AvgIpc) is 2.46. The predicted molar refractivity (Wildman–Crippen MR) is 71.6 cm³/mol. The minimum Gasteiger partial charge on any atom is -0.271 e. The summed E-state index contributed by atoms with van der Waals surface area (Å²) in [5.41, 5.74) is 6.31. The topological polar surface area (TPSA) is 63.8 Å². The van der Waals surface area contributed by atoms with Gasteiger partial charge in [-0.2, -0.15) is 0 Å². The molecule has 0 spiro atoms. The van der Waals surface area contributed by atoms with Crippen LogP contribution in [-0.4, -0.2) is 9.97 Å². The molecule has 0 aliphatic carbocycles. The molecule has 2 heterocycles. The highest BCUT2D eigenvalue weighted by Crippen LogP contribution is 2.20. The maximum absolute atomic E-state index is 5.68. The molecule has 94 valence electrons. The van der Waals surface area contributed by atoms with Gasteiger partial charge in [0.05, 0.1) is 6.04 Å². The fraction of sp³-hybridized carbons (Fsp3) is 0.286. The van der Waals surface area contributed by atoms with Crippen LogP contribution < -0.4 is 11.3 Å². The first-order valence-corrected chi connectivity index (χ1v) is 6.14. The SMILES string of the molecule is CCc1cnccc1C(Cc1ccccn1)NN. The molecule has 2 aromatic heterocycles. The largest absolute Gasteiger partial charge is 0.271 e. The number of rotatable bonds is 5. The van der Waals surface area contributed by atoms with Crippen molar-refractivity contribution in [1.29, 1.82) is 0 Å². The Bertz CT molecular complexity index is 484. The molecule has 0 bridgehead atoms. The van der Waals surface area contributed by atoms with Crippen molar-refractivity contribution < 1.29 is 0 Å². The van der Waals surface area contributed by atoms with Gasteiger partial charge in [0, 0.05) is 30.7 Å². The van der Waals surface area contributed by atoms with E-state index in [1.807, 2.05) is 30.5 Å². The molecule has 0 aliphatic heterocycles. The Labute approximate surface area is 107 Å². The number of aryl methyl sites for hydroxylation is 1. The maximum Gasteiger partial charge on any atom is 0.0519 e. The third-order valence-electron chi connectivity index (χ3n) is 3.04. The number of nitrogens with one attached hydrogen (secondary N) is 1. The van der Waals surface area contributed by atoms with E-state index in [4.69, 9.17) is 5.84 Å². The van der Waals surface area contributed by atoms with Crippen LogP contribution in [0.2, 0.25) is 0 Å². The van der Waals surface area contributed by atoms with Crippen LogP contribution in [0.5, 0.6) is 0 Å². The molecular weight excluding hydrogens is 224 g/mol. The van der Waals surface area contributed by atoms with Gasteiger partial charge >= 0.3 is 0 Å². The zero-order valence-electron chi connectivity index (χ0n) is 10.5. The fourth-order valence-corrected chi connectivity index (χ4v) is 2.06. The molecular formula is C14H18N4. The summed E-state index contributed by atoms with van der Waals surface area (Å²) < 4.78 is 0. The van der Waals surface area contributed by atoms with Crippen LogP contribution in [0.4, 0.5) is 0 Å². The van der Waals surface area contributed by atoms with Gasteiger partial charge in [0.15, 0.2) is 0 Å². The highest BCUT2D eigenvalue weighted by Gasteiger charge is 2.14. The summed E-state index contributed by atoms with van der Waals surface area (Å²) in [6, 6.07) is 8.00. The first-order chi connectivity index (χ1) is 8.85. The number of hydrazine groups is 1. The molecule has 0 amide bonds. The standard InChI is InChI=1S/C14H18N4/c1-2-11-10-16-8-6-13(11)14(18-15)9-12-5-3-4-7-17-12/h3-8,10,14,18H,2,9,15H2,1H3. The average molecular weight is 242 g/mol. The summed E-state index contributed by atoms with van der Waals surface area (Å²) in [7, 11) is 0. The van der Waals surface area contributed by atoms with Gasteiger partial charge in [-0.25, -0.2) is 0 Å². The van der Waals surface area contributed by atoms with E-state index in [1.54, 1.807) is 12.4 Å². The molecule has 0 aromatic carbocycles. The van der Waals surface area contributed by atoms with Crippen LogP contribution in [-0.2, 0) is 12.8 Å². The lowest BCUT2D eigenvalue weighted by molar-refractivity contribution is 0.541. The van der Waals surface area contributed by atoms with Crippen molar-refractivity contribution in [2.24, 2.45) is 5.84 Å². The zero-order chi connectivity index (χ0) is 12.8. The summed E-state index contributed by atoms with van der Waals surface area (Å²) in [5.74, 6) is 5.68. The number of pyridine rings is 2. The molecule has 0 radical (unpaired) electrons. The quantitative estimate of drug-likeness (QED) is 0.619. The van der Waals surface area contributed by atoms with E-state index in [2.05, 4.69) is 22.3 Å². The summed E-state index contributed by atoms with van der Waals surface area (Å²) >= 11 is 0. The highest BCUT2D eigenvalue weighted by atomic mass is 15.2. The lowest BCUT2D eigenvalue weighted by Gasteiger charge is -2.18. The predicted octanol–water partition coefficient (Wildman–Crippen LogP) is 1.79. The van der Waals surface area contributed by atoms with Crippen molar-refractivity contribution >= 4 is 0 Å². The minimum atomic E-state index is 0.0675. The van der Waals surface area contributed by atoms with Crippen molar-refractivity contribution in [3.8, 4) is 0 Å². The number of hydrogen-bond acceptors (Lipinski definition) is 4. The third kappa shape index (κ3) is 2.91. The second kappa shape index (κ2) is 6.23. The Hall–Kier alpha value is -1.78. The molecule has 0 saturated heterocycles. The van der Waals surface area contributed by atoms with E-state index in [-0.39, 0.29) is 6.04 Å². The van der Waals surface area contributed by atoms with Crippen molar-refractivity contribution in [2.45, 2.75) is 25.8 Å². The molecule has 4 heteroatoms. The normalized spacial score (nSPS) is 12.3. The van der Waals surface area contributed by atoms with Crippen molar-refractivity contribution in [3.63, 3.8) is 0 Å². The van der Waals surface area contributed by atoms with Gasteiger partial charge in [-0.3, -0.25) is 21.2 Å². The second-order valence-corrected chi connectivity index (χ2v) is 4.17. The summed E-state index contributed by atoms with van der Waals surface area (Å²) in [5, 5.41) is 0. The van der Waals surface area contributed by atoms with Gasteiger partial charge in [0.25, 0.3) is 0 Å². The summed E-state index contributed by atoms with van der Waals surface area (Å²) in [4.78, 5) is 8.49. The molecule has 18 heavy (non-hydrogen) atoms. The van der Waals surface area contributed by atoms with Crippen LogP contribution in [0.1, 0.15) is 29.8 Å². The van der Waals surface area contributed by atoms with Crippen LogP contribution in [0, 0.1) is 0 Å². The van der Waals surface area contributed by atoms with Crippen molar-refractivity contribution in [1.82, 2.24) is 15.4 Å². The lowest BCUT2D eigenvalue weighted by atomic mass is 9.97. The van der Waals surface area contributed by atoms with Crippen molar-refractivity contribution in [3.05, 3.63) is 59.7 Å². The van der Waals surface area contributed by atoms with E-state index in [9.17, 15) is 0 Å². The first kappa shape index (κ1) is 12.7. The molecule has 3 N–H and O–H groups in total. The molecule has 2 rings (SSSR count). The second-order valence-electron chi connectivity index (χ2n) is 4.17.